The number of carbonyl (C=O) groups is 2. The zero-order chi connectivity index (χ0) is 14.8. The highest BCUT2D eigenvalue weighted by Gasteiger charge is 2.05. The molecule has 0 spiro atoms. The van der Waals surface area contributed by atoms with Crippen molar-refractivity contribution in [1.82, 2.24) is 5.32 Å². The second-order valence-electron chi connectivity index (χ2n) is 4.06. The third-order valence-electron chi connectivity index (χ3n) is 2.53. The molecule has 20 heavy (non-hydrogen) atoms. The quantitative estimate of drug-likeness (QED) is 0.455. The molecule has 0 bridgehead atoms. The minimum Gasteiger partial charge on any atom is -0.469 e. The lowest BCUT2D eigenvalue weighted by molar-refractivity contribution is -0.140. The van der Waals surface area contributed by atoms with Crippen LogP contribution in [0.2, 0.25) is 5.02 Å². The van der Waals surface area contributed by atoms with Crippen LogP contribution in [0.3, 0.4) is 0 Å². The van der Waals surface area contributed by atoms with E-state index in [1.54, 1.807) is 11.8 Å². The first-order valence-corrected chi connectivity index (χ1v) is 7.70. The highest BCUT2D eigenvalue weighted by atomic mass is 35.5. The van der Waals surface area contributed by atoms with Gasteiger partial charge in [0.15, 0.2) is 0 Å². The lowest BCUT2D eigenvalue weighted by Gasteiger charge is -2.05. The van der Waals surface area contributed by atoms with Crippen molar-refractivity contribution in [1.29, 1.82) is 0 Å². The van der Waals surface area contributed by atoms with E-state index in [9.17, 15) is 9.59 Å². The standard InChI is InChI=1S/C14H18ClNO3S/c1-19-14(18)7-4-9-16-13(17)8-10-20-12-6-3-2-5-11(12)15/h2-3,5-6H,4,7-10H2,1H3,(H,16,17). The minimum absolute atomic E-state index is 0.0191. The van der Waals surface area contributed by atoms with Crippen molar-refractivity contribution in [2.45, 2.75) is 24.2 Å². The van der Waals surface area contributed by atoms with Gasteiger partial charge in [-0.25, -0.2) is 0 Å². The number of ether oxygens (including phenoxy) is 1. The smallest absolute Gasteiger partial charge is 0.305 e. The Morgan fingerprint density at radius 1 is 1.30 bits per heavy atom. The number of thioether (sulfide) groups is 1. The Morgan fingerprint density at radius 2 is 2.05 bits per heavy atom. The van der Waals surface area contributed by atoms with Crippen LogP contribution in [0.5, 0.6) is 0 Å². The number of methoxy groups -OCH3 is 1. The van der Waals surface area contributed by atoms with Gasteiger partial charge in [-0.3, -0.25) is 9.59 Å². The summed E-state index contributed by atoms with van der Waals surface area (Å²) in [6.07, 6.45) is 1.34. The fourth-order valence-corrected chi connectivity index (χ4v) is 2.65. The number of benzene rings is 1. The van der Waals surface area contributed by atoms with E-state index in [0.717, 1.165) is 4.90 Å². The molecule has 1 N–H and O–H groups in total. The first-order chi connectivity index (χ1) is 9.63. The summed E-state index contributed by atoms with van der Waals surface area (Å²) in [5.41, 5.74) is 0. The van der Waals surface area contributed by atoms with E-state index in [1.807, 2.05) is 24.3 Å². The minimum atomic E-state index is -0.256. The third kappa shape index (κ3) is 6.82. The topological polar surface area (TPSA) is 55.4 Å². The number of carbonyl (C=O) groups excluding carboxylic acids is 2. The SMILES string of the molecule is COC(=O)CCCNC(=O)CCSc1ccccc1Cl. The molecule has 0 aliphatic heterocycles. The van der Waals surface area contributed by atoms with E-state index in [4.69, 9.17) is 11.6 Å². The molecule has 0 aliphatic rings. The van der Waals surface area contributed by atoms with Gasteiger partial charge in [0.2, 0.25) is 5.91 Å². The van der Waals surface area contributed by atoms with Gasteiger partial charge in [-0.15, -0.1) is 11.8 Å². The van der Waals surface area contributed by atoms with E-state index in [-0.39, 0.29) is 11.9 Å². The second-order valence-corrected chi connectivity index (χ2v) is 5.60. The normalized spacial score (nSPS) is 10.1. The van der Waals surface area contributed by atoms with Gasteiger partial charge >= 0.3 is 5.97 Å². The van der Waals surface area contributed by atoms with Gasteiger partial charge < -0.3 is 10.1 Å². The Labute approximate surface area is 128 Å². The maximum absolute atomic E-state index is 11.6. The number of nitrogens with one attached hydrogen (secondary N) is 1. The van der Waals surface area contributed by atoms with Crippen LogP contribution >= 0.6 is 23.4 Å². The molecule has 0 saturated heterocycles. The summed E-state index contributed by atoms with van der Waals surface area (Å²) in [7, 11) is 1.35. The summed E-state index contributed by atoms with van der Waals surface area (Å²) in [5, 5.41) is 3.47. The third-order valence-corrected chi connectivity index (χ3v) is 4.05. The number of amides is 1. The fraction of sp³-hybridized carbons (Fsp3) is 0.429. The van der Waals surface area contributed by atoms with Crippen molar-refractivity contribution >= 4 is 35.2 Å². The molecule has 0 heterocycles. The fourth-order valence-electron chi connectivity index (χ4n) is 1.47. The molecular weight excluding hydrogens is 298 g/mol. The Balaban J connectivity index is 2.11. The number of hydrogen-bond donors (Lipinski definition) is 1. The maximum Gasteiger partial charge on any atom is 0.305 e. The van der Waals surface area contributed by atoms with Gasteiger partial charge in [0.25, 0.3) is 0 Å². The summed E-state index contributed by atoms with van der Waals surface area (Å²) in [4.78, 5) is 23.4. The van der Waals surface area contributed by atoms with Gasteiger partial charge in [0, 0.05) is 30.0 Å². The van der Waals surface area contributed by atoms with Gasteiger partial charge in [-0.2, -0.15) is 0 Å². The molecule has 0 unspecified atom stereocenters. The highest BCUT2D eigenvalue weighted by Crippen LogP contribution is 2.26. The van der Waals surface area contributed by atoms with Gasteiger partial charge in [0.1, 0.15) is 0 Å². The first kappa shape index (κ1) is 16.9. The zero-order valence-corrected chi connectivity index (χ0v) is 12.9. The van der Waals surface area contributed by atoms with E-state index >= 15 is 0 Å². The van der Waals surface area contributed by atoms with Crippen LogP contribution in [0.25, 0.3) is 0 Å². The van der Waals surface area contributed by atoms with Crippen molar-refractivity contribution in [3.63, 3.8) is 0 Å². The van der Waals surface area contributed by atoms with E-state index in [0.29, 0.717) is 36.6 Å². The van der Waals surface area contributed by atoms with E-state index < -0.39 is 0 Å². The second kappa shape index (κ2) is 9.66. The molecule has 0 saturated carbocycles. The average molecular weight is 316 g/mol. The van der Waals surface area contributed by atoms with Crippen LogP contribution < -0.4 is 5.32 Å². The van der Waals surface area contributed by atoms with Gasteiger partial charge in [-0.1, -0.05) is 23.7 Å². The van der Waals surface area contributed by atoms with Crippen LogP contribution in [0, 0.1) is 0 Å². The van der Waals surface area contributed by atoms with Crippen LogP contribution in [0.15, 0.2) is 29.2 Å². The van der Waals surface area contributed by atoms with Crippen molar-refractivity contribution in [3.8, 4) is 0 Å². The lowest BCUT2D eigenvalue weighted by atomic mass is 10.3. The summed E-state index contributed by atoms with van der Waals surface area (Å²) >= 11 is 7.58. The molecule has 0 atom stereocenters. The van der Waals surface area contributed by atoms with Crippen molar-refractivity contribution in [2.24, 2.45) is 0 Å². The Morgan fingerprint density at radius 3 is 2.75 bits per heavy atom. The monoisotopic (exact) mass is 315 g/mol. The van der Waals surface area contributed by atoms with Crippen molar-refractivity contribution in [3.05, 3.63) is 29.3 Å². The van der Waals surface area contributed by atoms with Gasteiger partial charge in [0.05, 0.1) is 12.1 Å². The number of halogens is 1. The predicted molar refractivity (Wildman–Crippen MR) is 81.1 cm³/mol. The van der Waals surface area contributed by atoms with Crippen LogP contribution in [0.4, 0.5) is 0 Å². The molecule has 1 aromatic carbocycles. The first-order valence-electron chi connectivity index (χ1n) is 6.34. The number of hydrogen-bond acceptors (Lipinski definition) is 4. The summed E-state index contributed by atoms with van der Waals surface area (Å²) in [5.74, 6) is 0.398. The number of rotatable bonds is 8. The summed E-state index contributed by atoms with van der Waals surface area (Å²) in [6.45, 7) is 0.491. The largest absolute Gasteiger partial charge is 0.469 e. The molecule has 0 radical (unpaired) electrons. The molecule has 1 aromatic rings. The van der Waals surface area contributed by atoms with Crippen molar-refractivity contribution < 1.29 is 14.3 Å². The maximum atomic E-state index is 11.6. The van der Waals surface area contributed by atoms with E-state index in [1.165, 1.54) is 7.11 Å². The van der Waals surface area contributed by atoms with Crippen LogP contribution in [0.1, 0.15) is 19.3 Å². The van der Waals surface area contributed by atoms with Crippen LogP contribution in [-0.2, 0) is 14.3 Å². The zero-order valence-electron chi connectivity index (χ0n) is 11.4. The highest BCUT2D eigenvalue weighted by molar-refractivity contribution is 7.99. The van der Waals surface area contributed by atoms with Gasteiger partial charge in [-0.05, 0) is 18.6 Å². The van der Waals surface area contributed by atoms with Crippen LogP contribution in [-0.4, -0.2) is 31.3 Å². The average Bonchev–Trinajstić information content (AvgIpc) is 2.45. The molecule has 0 aliphatic carbocycles. The van der Waals surface area contributed by atoms with E-state index in [2.05, 4.69) is 10.1 Å². The lowest BCUT2D eigenvalue weighted by Crippen LogP contribution is -2.25. The molecule has 110 valence electrons. The predicted octanol–water partition coefficient (Wildman–Crippen LogP) is 2.89. The molecule has 4 nitrogen and oxygen atoms in total. The Kier molecular flexibility index (Phi) is 8.14. The van der Waals surface area contributed by atoms with Crippen molar-refractivity contribution in [2.75, 3.05) is 19.4 Å². The summed E-state index contributed by atoms with van der Waals surface area (Å²) < 4.78 is 4.51. The molecule has 0 aromatic heterocycles. The molecule has 1 amide bonds. The molecule has 6 heteroatoms. The molecular formula is C14H18ClNO3S. The number of esters is 1. The Hall–Kier alpha value is -1.20. The summed E-state index contributed by atoms with van der Waals surface area (Å²) in [6, 6.07) is 7.56. The molecule has 0 fully saturated rings. The Bertz CT molecular complexity index is 454. The molecule has 1 rings (SSSR count).